The van der Waals surface area contributed by atoms with E-state index in [2.05, 4.69) is 31.3 Å². The molecule has 0 aliphatic heterocycles. The summed E-state index contributed by atoms with van der Waals surface area (Å²) in [6.45, 7) is 4.64. The molecule has 0 heterocycles. The Morgan fingerprint density at radius 1 is 0.618 bits per heavy atom. The summed E-state index contributed by atoms with van der Waals surface area (Å²) in [5.74, 6) is -0.206. The van der Waals surface area contributed by atoms with Crippen LogP contribution < -0.4 is 10.2 Å². The molecule has 0 aromatic carbocycles. The number of amides is 1. The van der Waals surface area contributed by atoms with Gasteiger partial charge in [0.05, 0.1) is 39.9 Å². The predicted molar refractivity (Wildman–Crippen MR) is 233 cm³/mol. The zero-order chi connectivity index (χ0) is 40.7. The van der Waals surface area contributed by atoms with E-state index < -0.39 is 20.0 Å². The lowest BCUT2D eigenvalue weighted by atomic mass is 10.0. The summed E-state index contributed by atoms with van der Waals surface area (Å²) in [6.07, 6.45) is 45.0. The molecule has 9 heteroatoms. The normalized spacial score (nSPS) is 14.5. The van der Waals surface area contributed by atoms with Gasteiger partial charge in [0.2, 0.25) is 5.91 Å². The lowest BCUT2D eigenvalue weighted by molar-refractivity contribution is -0.870. The van der Waals surface area contributed by atoms with Crippen molar-refractivity contribution in [3.8, 4) is 0 Å². The molecule has 55 heavy (non-hydrogen) atoms. The number of phosphoric ester groups is 1. The fourth-order valence-corrected chi connectivity index (χ4v) is 7.40. The predicted octanol–water partition coefficient (Wildman–Crippen LogP) is 12.3. The van der Waals surface area contributed by atoms with E-state index >= 15 is 0 Å². The molecule has 3 unspecified atom stereocenters. The molecule has 0 spiro atoms. The fourth-order valence-electron chi connectivity index (χ4n) is 6.68. The number of carbonyl (C=O) groups excluding carboxylic acids is 1. The number of aliphatic hydroxyl groups excluding tert-OH is 1. The first kappa shape index (κ1) is 54.0. The van der Waals surface area contributed by atoms with Gasteiger partial charge >= 0.3 is 0 Å². The highest BCUT2D eigenvalue weighted by molar-refractivity contribution is 7.45. The van der Waals surface area contributed by atoms with Gasteiger partial charge in [-0.25, -0.2) is 0 Å². The summed E-state index contributed by atoms with van der Waals surface area (Å²) in [6, 6.07) is -0.887. The third kappa shape index (κ3) is 41.0. The van der Waals surface area contributed by atoms with Crippen molar-refractivity contribution in [2.45, 2.75) is 225 Å². The van der Waals surface area contributed by atoms with Crippen LogP contribution in [0.1, 0.15) is 213 Å². The van der Waals surface area contributed by atoms with Crippen molar-refractivity contribution >= 4 is 13.7 Å². The molecule has 2 N–H and O–H groups in total. The number of nitrogens with zero attached hydrogens (tertiary/aromatic N) is 1. The molecule has 1 amide bonds. The van der Waals surface area contributed by atoms with E-state index in [0.29, 0.717) is 17.4 Å². The van der Waals surface area contributed by atoms with Crippen LogP contribution in [-0.4, -0.2) is 68.5 Å². The number of nitrogens with one attached hydrogen (secondary N) is 1. The lowest BCUT2D eigenvalue weighted by Gasteiger charge is -2.29. The molecule has 0 aliphatic rings. The maximum atomic E-state index is 12.8. The quantitative estimate of drug-likeness (QED) is 0.0276. The van der Waals surface area contributed by atoms with Gasteiger partial charge in [0.25, 0.3) is 7.82 Å². The van der Waals surface area contributed by atoms with Crippen molar-refractivity contribution in [3.63, 3.8) is 0 Å². The van der Waals surface area contributed by atoms with Gasteiger partial charge in [0.15, 0.2) is 0 Å². The summed E-state index contributed by atoms with van der Waals surface area (Å²) >= 11 is 0. The fraction of sp³-hybridized carbons (Fsp3) is 0.891. The van der Waals surface area contributed by atoms with Gasteiger partial charge in [0.1, 0.15) is 13.2 Å². The van der Waals surface area contributed by atoms with Crippen LogP contribution in [0.5, 0.6) is 0 Å². The third-order valence-electron chi connectivity index (χ3n) is 10.4. The second-order valence-corrected chi connectivity index (χ2v) is 18.5. The molecule has 8 nitrogen and oxygen atoms in total. The van der Waals surface area contributed by atoms with Crippen LogP contribution in [0, 0.1) is 0 Å². The minimum atomic E-state index is -4.59. The van der Waals surface area contributed by atoms with Crippen LogP contribution in [0.2, 0.25) is 0 Å². The molecular formula is C46H91N2O6P. The van der Waals surface area contributed by atoms with E-state index in [1.807, 2.05) is 27.2 Å². The molecule has 0 aromatic rings. The van der Waals surface area contributed by atoms with E-state index in [0.717, 1.165) is 51.4 Å². The van der Waals surface area contributed by atoms with Crippen molar-refractivity contribution in [3.05, 3.63) is 24.3 Å². The Morgan fingerprint density at radius 2 is 1.00 bits per heavy atom. The van der Waals surface area contributed by atoms with Gasteiger partial charge in [-0.3, -0.25) is 9.36 Å². The number of likely N-dealkylation sites (N-methyl/N-ethyl adjacent to an activating group) is 1. The number of carbonyl (C=O) groups is 1. The molecule has 0 saturated carbocycles. The van der Waals surface area contributed by atoms with Gasteiger partial charge in [0, 0.05) is 6.42 Å². The smallest absolute Gasteiger partial charge is 0.268 e. The largest absolute Gasteiger partial charge is 0.756 e. The number of aliphatic hydroxyl groups is 1. The first-order valence-corrected chi connectivity index (χ1v) is 24.7. The molecule has 0 aromatic heterocycles. The summed E-state index contributed by atoms with van der Waals surface area (Å²) in [5, 5.41) is 13.8. The maximum absolute atomic E-state index is 12.8. The molecule has 3 atom stereocenters. The number of quaternary nitrogens is 1. The van der Waals surface area contributed by atoms with Crippen molar-refractivity contribution in [2.24, 2.45) is 0 Å². The van der Waals surface area contributed by atoms with E-state index in [1.165, 1.54) is 141 Å². The average Bonchev–Trinajstić information content (AvgIpc) is 3.13. The highest BCUT2D eigenvalue weighted by Gasteiger charge is 2.23. The van der Waals surface area contributed by atoms with Crippen LogP contribution in [0.3, 0.4) is 0 Å². The van der Waals surface area contributed by atoms with E-state index in [4.69, 9.17) is 9.05 Å². The Morgan fingerprint density at radius 3 is 1.42 bits per heavy atom. The molecule has 0 rings (SSSR count). The van der Waals surface area contributed by atoms with Crippen LogP contribution in [0.25, 0.3) is 0 Å². The van der Waals surface area contributed by atoms with Crippen molar-refractivity contribution in [1.82, 2.24) is 5.32 Å². The number of phosphoric acid groups is 1. The number of rotatable bonds is 42. The van der Waals surface area contributed by atoms with Gasteiger partial charge in [-0.05, 0) is 44.9 Å². The Labute approximate surface area is 341 Å². The molecule has 326 valence electrons. The molecule has 0 aliphatic carbocycles. The second-order valence-electron chi connectivity index (χ2n) is 17.1. The van der Waals surface area contributed by atoms with Gasteiger partial charge in [-0.15, -0.1) is 0 Å². The van der Waals surface area contributed by atoms with Crippen molar-refractivity contribution < 1.29 is 32.9 Å². The van der Waals surface area contributed by atoms with Crippen molar-refractivity contribution in [1.29, 1.82) is 0 Å². The van der Waals surface area contributed by atoms with Gasteiger partial charge < -0.3 is 28.8 Å². The molecule has 0 saturated heterocycles. The molecular weight excluding hydrogens is 707 g/mol. The van der Waals surface area contributed by atoms with Crippen LogP contribution in [-0.2, 0) is 18.4 Å². The van der Waals surface area contributed by atoms with E-state index in [-0.39, 0.29) is 19.1 Å². The Hall–Kier alpha value is -1.02. The summed E-state index contributed by atoms with van der Waals surface area (Å²) in [7, 11) is 1.26. The summed E-state index contributed by atoms with van der Waals surface area (Å²) in [4.78, 5) is 25.3. The lowest BCUT2D eigenvalue weighted by Crippen LogP contribution is -2.45. The first-order valence-electron chi connectivity index (χ1n) is 23.2. The zero-order valence-corrected chi connectivity index (χ0v) is 37.8. The molecule has 0 radical (unpaired) electrons. The minimum absolute atomic E-state index is 0.00146. The van der Waals surface area contributed by atoms with Gasteiger partial charge in [-0.2, -0.15) is 0 Å². The highest BCUT2D eigenvalue weighted by atomic mass is 31.2. The Kier molecular flexibility index (Phi) is 37.8. The highest BCUT2D eigenvalue weighted by Crippen LogP contribution is 2.38. The van der Waals surface area contributed by atoms with Crippen LogP contribution in [0.15, 0.2) is 24.3 Å². The van der Waals surface area contributed by atoms with Gasteiger partial charge in [-0.1, -0.05) is 186 Å². The third-order valence-corrected chi connectivity index (χ3v) is 11.4. The molecule has 0 fully saturated rings. The SMILES string of the molecule is CCCCCCC/C=C\CCCCCCCC(=O)NC(COP(=O)([O-])OCC[N+](C)(C)C)C(O)/C=C/CCCCCCCCCCCCCCCCCCC. The monoisotopic (exact) mass is 799 g/mol. The number of allylic oxidation sites excluding steroid dienone is 3. The van der Waals surface area contributed by atoms with Crippen LogP contribution >= 0.6 is 7.82 Å². The standard InChI is InChI=1S/C46H91N2O6P/c1-6-8-10-12-14-16-18-20-22-23-24-25-26-27-29-31-33-35-37-39-45(49)44(43-54-55(51,52)53-42-41-48(3,4)5)47-46(50)40-38-36-34-32-30-28-21-19-17-15-13-11-9-7-2/h19,21,37,39,44-45,49H,6-18,20,22-36,38,40-43H2,1-5H3,(H-,47,50,51,52)/b21-19-,39-37+. The Balaban J connectivity index is 4.39. The molecule has 0 bridgehead atoms. The maximum Gasteiger partial charge on any atom is 0.268 e. The van der Waals surface area contributed by atoms with Crippen LogP contribution in [0.4, 0.5) is 0 Å². The van der Waals surface area contributed by atoms with Crippen molar-refractivity contribution in [2.75, 3.05) is 40.9 Å². The second kappa shape index (κ2) is 38.5. The number of unbranched alkanes of at least 4 members (excludes halogenated alkanes) is 27. The zero-order valence-electron chi connectivity index (χ0n) is 36.9. The van der Waals surface area contributed by atoms with E-state index in [9.17, 15) is 19.4 Å². The summed E-state index contributed by atoms with van der Waals surface area (Å²) < 4.78 is 23.2. The average molecular weight is 799 g/mol. The minimum Gasteiger partial charge on any atom is -0.756 e. The number of hydrogen-bond donors (Lipinski definition) is 2. The topological polar surface area (TPSA) is 108 Å². The first-order chi connectivity index (χ1) is 26.5. The van der Waals surface area contributed by atoms with E-state index in [1.54, 1.807) is 6.08 Å². The number of hydrogen-bond acceptors (Lipinski definition) is 6. The summed E-state index contributed by atoms with van der Waals surface area (Å²) in [5.41, 5.74) is 0. The Bertz CT molecular complexity index is 953.